The van der Waals surface area contributed by atoms with E-state index in [0.29, 0.717) is 0 Å². The Kier molecular flexibility index (Phi) is 0.904. The Bertz CT molecular complexity index is 216. The van der Waals surface area contributed by atoms with Gasteiger partial charge in [-0.05, 0) is 18.4 Å². The summed E-state index contributed by atoms with van der Waals surface area (Å²) < 4.78 is 4.98. The summed E-state index contributed by atoms with van der Waals surface area (Å²) in [5.74, 6) is 0. The smallest absolute Gasteiger partial charge is 0.0953 e. The van der Waals surface area contributed by atoms with E-state index in [4.69, 9.17) is 10.2 Å². The molecule has 0 aromatic carbocycles. The molecule has 0 radical (unpaired) electrons. The normalized spacial score (nSPS) is 24.3. The number of hydrogen-bond acceptors (Lipinski definition) is 2. The van der Waals surface area contributed by atoms with Crippen LogP contribution < -0.4 is 5.73 Å². The SMILES string of the molecule is NC1CCc2cocc21. The van der Waals surface area contributed by atoms with Crippen molar-refractivity contribution >= 4 is 0 Å². The van der Waals surface area contributed by atoms with Gasteiger partial charge in [-0.1, -0.05) is 0 Å². The van der Waals surface area contributed by atoms with Crippen molar-refractivity contribution in [3.8, 4) is 0 Å². The minimum atomic E-state index is 0.235. The van der Waals surface area contributed by atoms with Gasteiger partial charge in [0.1, 0.15) is 0 Å². The standard InChI is InChI=1S/C7H9NO/c8-7-2-1-5-3-9-4-6(5)7/h3-4,7H,1-2,8H2. The van der Waals surface area contributed by atoms with Crippen LogP contribution in [0.25, 0.3) is 0 Å². The summed E-state index contributed by atoms with van der Waals surface area (Å²) in [7, 11) is 0. The van der Waals surface area contributed by atoms with Crippen molar-refractivity contribution in [3.05, 3.63) is 23.7 Å². The van der Waals surface area contributed by atoms with Gasteiger partial charge in [-0.25, -0.2) is 0 Å². The van der Waals surface area contributed by atoms with Crippen LogP contribution in [0, 0.1) is 0 Å². The van der Waals surface area contributed by atoms with E-state index in [9.17, 15) is 0 Å². The largest absolute Gasteiger partial charge is 0.472 e. The summed E-state index contributed by atoms with van der Waals surface area (Å²) in [5.41, 5.74) is 8.23. The fraction of sp³-hybridized carbons (Fsp3) is 0.429. The zero-order valence-corrected chi connectivity index (χ0v) is 5.13. The van der Waals surface area contributed by atoms with E-state index in [0.717, 1.165) is 12.8 Å². The highest BCUT2D eigenvalue weighted by Crippen LogP contribution is 2.29. The maximum Gasteiger partial charge on any atom is 0.0953 e. The first-order chi connectivity index (χ1) is 4.38. The fourth-order valence-electron chi connectivity index (χ4n) is 1.33. The van der Waals surface area contributed by atoms with Crippen LogP contribution >= 0.6 is 0 Å². The molecule has 0 spiro atoms. The van der Waals surface area contributed by atoms with Gasteiger partial charge < -0.3 is 10.2 Å². The van der Waals surface area contributed by atoms with Crippen LogP contribution in [0.15, 0.2) is 16.9 Å². The molecule has 1 unspecified atom stereocenters. The summed E-state index contributed by atoms with van der Waals surface area (Å²) in [5, 5.41) is 0. The molecule has 1 aromatic heterocycles. The first-order valence-corrected chi connectivity index (χ1v) is 3.18. The molecule has 1 aromatic rings. The molecule has 1 atom stereocenters. The van der Waals surface area contributed by atoms with Gasteiger partial charge in [-0.2, -0.15) is 0 Å². The lowest BCUT2D eigenvalue weighted by atomic mass is 10.2. The summed E-state index contributed by atoms with van der Waals surface area (Å²) >= 11 is 0. The number of nitrogens with two attached hydrogens (primary N) is 1. The van der Waals surface area contributed by atoms with Crippen molar-refractivity contribution in [2.24, 2.45) is 5.73 Å². The van der Waals surface area contributed by atoms with Crippen LogP contribution in [0.1, 0.15) is 23.6 Å². The lowest BCUT2D eigenvalue weighted by molar-refractivity contribution is 0.547. The zero-order valence-electron chi connectivity index (χ0n) is 5.13. The quantitative estimate of drug-likeness (QED) is 0.563. The monoisotopic (exact) mass is 123 g/mol. The minimum absolute atomic E-state index is 0.235. The first kappa shape index (κ1) is 5.06. The number of hydrogen-bond donors (Lipinski definition) is 1. The van der Waals surface area contributed by atoms with Crippen LogP contribution in [0.4, 0.5) is 0 Å². The average molecular weight is 123 g/mol. The Morgan fingerprint density at radius 3 is 3.22 bits per heavy atom. The molecule has 2 heteroatoms. The molecule has 0 fully saturated rings. The maximum absolute atomic E-state index is 5.73. The molecule has 2 N–H and O–H groups in total. The molecular weight excluding hydrogens is 114 g/mol. The molecule has 0 saturated carbocycles. The van der Waals surface area contributed by atoms with E-state index in [1.807, 2.05) is 0 Å². The van der Waals surface area contributed by atoms with Gasteiger partial charge in [0, 0.05) is 11.6 Å². The molecule has 9 heavy (non-hydrogen) atoms. The molecule has 1 aliphatic carbocycles. The molecular formula is C7H9NO. The van der Waals surface area contributed by atoms with Crippen molar-refractivity contribution < 1.29 is 4.42 Å². The van der Waals surface area contributed by atoms with Crippen molar-refractivity contribution in [1.82, 2.24) is 0 Å². The molecule has 2 rings (SSSR count). The molecule has 48 valence electrons. The Labute approximate surface area is 53.7 Å². The highest BCUT2D eigenvalue weighted by Gasteiger charge is 2.19. The van der Waals surface area contributed by atoms with Crippen molar-refractivity contribution in [1.29, 1.82) is 0 Å². The first-order valence-electron chi connectivity index (χ1n) is 3.18. The summed E-state index contributed by atoms with van der Waals surface area (Å²) in [6, 6.07) is 0.235. The molecule has 1 aliphatic rings. The second-order valence-electron chi connectivity index (χ2n) is 2.50. The highest BCUT2D eigenvalue weighted by atomic mass is 16.3. The van der Waals surface area contributed by atoms with Crippen LogP contribution in [-0.2, 0) is 6.42 Å². The number of furan rings is 1. The summed E-state index contributed by atoms with van der Waals surface area (Å²) in [6.45, 7) is 0. The Balaban J connectivity index is 2.49. The third kappa shape index (κ3) is 0.598. The number of rotatable bonds is 0. The number of fused-ring (bicyclic) bond motifs is 1. The molecule has 0 saturated heterocycles. The molecule has 0 aliphatic heterocycles. The Morgan fingerprint density at radius 1 is 1.56 bits per heavy atom. The van der Waals surface area contributed by atoms with Crippen molar-refractivity contribution in [2.45, 2.75) is 18.9 Å². The van der Waals surface area contributed by atoms with E-state index >= 15 is 0 Å². The topological polar surface area (TPSA) is 39.2 Å². The predicted molar refractivity (Wildman–Crippen MR) is 34.0 cm³/mol. The summed E-state index contributed by atoms with van der Waals surface area (Å²) in [6.07, 6.45) is 5.73. The second kappa shape index (κ2) is 1.61. The molecule has 1 heterocycles. The molecule has 0 amide bonds. The van der Waals surface area contributed by atoms with Crippen LogP contribution in [-0.4, -0.2) is 0 Å². The zero-order chi connectivity index (χ0) is 6.27. The van der Waals surface area contributed by atoms with E-state index in [1.165, 1.54) is 11.1 Å². The van der Waals surface area contributed by atoms with Crippen LogP contribution in [0.2, 0.25) is 0 Å². The van der Waals surface area contributed by atoms with Gasteiger partial charge in [0.2, 0.25) is 0 Å². The van der Waals surface area contributed by atoms with E-state index in [1.54, 1.807) is 12.5 Å². The van der Waals surface area contributed by atoms with Gasteiger partial charge in [0.05, 0.1) is 12.5 Å². The maximum atomic E-state index is 5.73. The Morgan fingerprint density at radius 2 is 2.44 bits per heavy atom. The van der Waals surface area contributed by atoms with Crippen molar-refractivity contribution in [2.75, 3.05) is 0 Å². The van der Waals surface area contributed by atoms with Crippen LogP contribution in [0.3, 0.4) is 0 Å². The fourth-order valence-corrected chi connectivity index (χ4v) is 1.33. The van der Waals surface area contributed by atoms with E-state index in [2.05, 4.69) is 0 Å². The van der Waals surface area contributed by atoms with E-state index in [-0.39, 0.29) is 6.04 Å². The van der Waals surface area contributed by atoms with Gasteiger partial charge in [0.15, 0.2) is 0 Å². The average Bonchev–Trinajstić information content (AvgIpc) is 2.35. The minimum Gasteiger partial charge on any atom is -0.472 e. The third-order valence-electron chi connectivity index (χ3n) is 1.90. The van der Waals surface area contributed by atoms with Crippen LogP contribution in [0.5, 0.6) is 0 Å². The van der Waals surface area contributed by atoms with Crippen molar-refractivity contribution in [3.63, 3.8) is 0 Å². The Hall–Kier alpha value is -0.760. The van der Waals surface area contributed by atoms with Gasteiger partial charge >= 0.3 is 0 Å². The number of aryl methyl sites for hydroxylation is 1. The predicted octanol–water partition coefficient (Wildman–Crippen LogP) is 1.23. The highest BCUT2D eigenvalue weighted by molar-refractivity contribution is 5.29. The third-order valence-corrected chi connectivity index (χ3v) is 1.90. The second-order valence-corrected chi connectivity index (χ2v) is 2.50. The van der Waals surface area contributed by atoms with Gasteiger partial charge in [-0.15, -0.1) is 0 Å². The van der Waals surface area contributed by atoms with Gasteiger partial charge in [0.25, 0.3) is 0 Å². The lowest BCUT2D eigenvalue weighted by Gasteiger charge is -1.96. The van der Waals surface area contributed by atoms with Gasteiger partial charge in [-0.3, -0.25) is 0 Å². The van der Waals surface area contributed by atoms with E-state index < -0.39 is 0 Å². The molecule has 0 bridgehead atoms. The molecule has 2 nitrogen and oxygen atoms in total. The lowest BCUT2D eigenvalue weighted by Crippen LogP contribution is -2.03. The summed E-state index contributed by atoms with van der Waals surface area (Å²) in [4.78, 5) is 0.